The van der Waals surface area contributed by atoms with E-state index in [1.54, 1.807) is 0 Å². The van der Waals surface area contributed by atoms with Crippen LogP contribution in [0.15, 0.2) is 333 Å². The fraction of sp³-hybridized carbons (Fsp3) is 0.0638. The first-order valence-electron chi connectivity index (χ1n) is 34.4. The van der Waals surface area contributed by atoms with Crippen molar-refractivity contribution in [2.75, 3.05) is 9.80 Å². The highest BCUT2D eigenvalue weighted by Crippen LogP contribution is 2.54. The summed E-state index contributed by atoms with van der Waals surface area (Å²) in [4.78, 5) is 4.80. The van der Waals surface area contributed by atoms with E-state index in [0.29, 0.717) is 0 Å². The van der Waals surface area contributed by atoms with Crippen LogP contribution >= 0.6 is 0 Å². The molecule has 0 radical (unpaired) electrons. The van der Waals surface area contributed by atoms with Crippen molar-refractivity contribution in [2.24, 2.45) is 0 Å². The molecule has 474 valence electrons. The lowest BCUT2D eigenvalue weighted by Crippen LogP contribution is -2.16. The van der Waals surface area contributed by atoms with Gasteiger partial charge in [0.15, 0.2) is 0 Å². The van der Waals surface area contributed by atoms with Gasteiger partial charge in [-0.15, -0.1) is 0 Å². The van der Waals surface area contributed by atoms with Gasteiger partial charge in [-0.3, -0.25) is 0 Å². The van der Waals surface area contributed by atoms with Crippen molar-refractivity contribution in [3.63, 3.8) is 0 Å². The van der Waals surface area contributed by atoms with Crippen LogP contribution in [0.25, 0.3) is 143 Å². The fourth-order valence-electron chi connectivity index (χ4n) is 16.6. The van der Waals surface area contributed by atoms with Gasteiger partial charge in [-0.25, -0.2) is 0 Å². The van der Waals surface area contributed by atoms with Crippen molar-refractivity contribution >= 4 is 133 Å². The first-order valence-corrected chi connectivity index (χ1v) is 34.4. The van der Waals surface area contributed by atoms with Crippen LogP contribution in [-0.2, 0) is 10.8 Å². The maximum Gasteiger partial charge on any atom is 0.135 e. The number of anilines is 6. The van der Waals surface area contributed by atoms with Crippen LogP contribution in [0.4, 0.5) is 34.1 Å². The van der Waals surface area contributed by atoms with Crippen LogP contribution in [0.3, 0.4) is 0 Å². The van der Waals surface area contributed by atoms with Crippen LogP contribution in [0.1, 0.15) is 49.9 Å². The van der Waals surface area contributed by atoms with E-state index < -0.39 is 0 Å². The van der Waals surface area contributed by atoms with E-state index in [1.807, 2.05) is 48.5 Å². The molecule has 0 N–H and O–H groups in total. The summed E-state index contributed by atoms with van der Waals surface area (Å²) < 4.78 is 24.8. The quantitative estimate of drug-likeness (QED) is 0.151. The van der Waals surface area contributed by atoms with Gasteiger partial charge in [-0.1, -0.05) is 216 Å². The smallest absolute Gasteiger partial charge is 0.135 e. The van der Waals surface area contributed by atoms with Crippen molar-refractivity contribution in [1.82, 2.24) is 0 Å². The van der Waals surface area contributed by atoms with Crippen LogP contribution in [0.5, 0.6) is 0 Å². The Balaban J connectivity index is 0.000000135. The zero-order valence-corrected chi connectivity index (χ0v) is 55.5. The molecule has 2 aliphatic rings. The lowest BCUT2D eigenvalue weighted by atomic mass is 9.82. The molecule has 4 heterocycles. The molecule has 0 saturated carbocycles. The molecule has 4 aromatic heterocycles. The number of nitrogens with zero attached hydrogens (tertiary/aromatic N) is 2. The molecule has 6 heteroatoms. The Morgan fingerprint density at radius 3 is 1.02 bits per heavy atom. The van der Waals surface area contributed by atoms with Crippen LogP contribution < -0.4 is 9.80 Å². The average Bonchev–Trinajstić information content (AvgIpc) is 1.64. The Morgan fingerprint density at radius 1 is 0.200 bits per heavy atom. The predicted octanol–water partition coefficient (Wildman–Crippen LogP) is 27.0. The first-order chi connectivity index (χ1) is 49.1. The molecule has 0 spiro atoms. The number of benzene rings is 15. The third kappa shape index (κ3) is 8.89. The summed E-state index contributed by atoms with van der Waals surface area (Å²) in [5.41, 5.74) is 29.0. The van der Waals surface area contributed by atoms with E-state index in [2.05, 4.69) is 304 Å². The standard InChI is InChI=1S/C49H33NO2.C45H31NO2/c1-49(2)42-16-8-5-12-35(42)36-22-20-32(29-43(36)49)50(31-21-26-48-41(28-31)39-15-7-10-18-46(39)52-48)44-24-23-33(34-11-3-4-13-37(34)44)30-19-25-47-40(27-30)38-14-6-9-17-45(38)51-47;1-45(2)39-12-6-3-9-33(39)34-22-20-32(27-40(34)45)46(31-21-24-44-38(26-31)36-11-5-8-14-42(36)48-44)30-18-15-28(16-19-30)29-17-23-43-37(25-29)35-10-4-7-13-41(35)47-43/h3-29H,1-2H3;3-27H,1-2H3. The van der Waals surface area contributed by atoms with Crippen molar-refractivity contribution in [2.45, 2.75) is 38.5 Å². The van der Waals surface area contributed by atoms with Crippen molar-refractivity contribution in [3.05, 3.63) is 338 Å². The van der Waals surface area contributed by atoms with Gasteiger partial charge in [0.1, 0.15) is 44.7 Å². The molecule has 0 bridgehead atoms. The Morgan fingerprint density at radius 2 is 0.520 bits per heavy atom. The molecule has 0 fully saturated rings. The topological polar surface area (TPSA) is 59.0 Å². The van der Waals surface area contributed by atoms with Gasteiger partial charge in [0, 0.05) is 87.7 Å². The Kier molecular flexibility index (Phi) is 12.6. The maximum atomic E-state index is 6.28. The lowest BCUT2D eigenvalue weighted by Gasteiger charge is -2.29. The van der Waals surface area contributed by atoms with Crippen molar-refractivity contribution in [1.29, 1.82) is 0 Å². The number of hydrogen-bond acceptors (Lipinski definition) is 6. The lowest BCUT2D eigenvalue weighted by molar-refractivity contribution is 0.660. The number of fused-ring (bicyclic) bond motifs is 19. The van der Waals surface area contributed by atoms with Gasteiger partial charge in [-0.2, -0.15) is 0 Å². The molecule has 0 saturated heterocycles. The third-order valence-electron chi connectivity index (χ3n) is 21.6. The van der Waals surface area contributed by atoms with Gasteiger partial charge in [0.25, 0.3) is 0 Å². The number of rotatable bonds is 8. The monoisotopic (exact) mass is 1280 g/mol. The highest BCUT2D eigenvalue weighted by Gasteiger charge is 2.38. The van der Waals surface area contributed by atoms with E-state index in [0.717, 1.165) is 139 Å². The largest absolute Gasteiger partial charge is 0.456 e. The average molecular weight is 1290 g/mol. The van der Waals surface area contributed by atoms with Crippen LogP contribution in [0.2, 0.25) is 0 Å². The van der Waals surface area contributed by atoms with E-state index in [4.69, 9.17) is 17.7 Å². The molecule has 2 aliphatic carbocycles. The zero-order chi connectivity index (χ0) is 66.5. The molecule has 0 aliphatic heterocycles. The summed E-state index contributed by atoms with van der Waals surface area (Å²) >= 11 is 0. The summed E-state index contributed by atoms with van der Waals surface area (Å²) in [6, 6.07) is 113. The summed E-state index contributed by atoms with van der Waals surface area (Å²) in [5.74, 6) is 0. The Bertz CT molecular complexity index is 6570. The van der Waals surface area contributed by atoms with Crippen molar-refractivity contribution < 1.29 is 17.7 Å². The number of para-hydroxylation sites is 4. The molecule has 6 nitrogen and oxygen atoms in total. The Labute approximate surface area is 577 Å². The fourth-order valence-corrected chi connectivity index (χ4v) is 16.6. The van der Waals surface area contributed by atoms with Crippen LogP contribution in [-0.4, -0.2) is 0 Å². The first kappa shape index (κ1) is 57.6. The normalized spacial score (nSPS) is 13.4. The minimum absolute atomic E-state index is 0.0991. The van der Waals surface area contributed by atoms with Gasteiger partial charge in [0.2, 0.25) is 0 Å². The van der Waals surface area contributed by atoms with Gasteiger partial charge in [0.05, 0.1) is 5.69 Å². The highest BCUT2D eigenvalue weighted by atomic mass is 16.3. The summed E-state index contributed by atoms with van der Waals surface area (Å²) in [7, 11) is 0. The molecular weight excluding hydrogens is 1220 g/mol. The predicted molar refractivity (Wildman–Crippen MR) is 415 cm³/mol. The molecule has 0 atom stereocenters. The van der Waals surface area contributed by atoms with Crippen LogP contribution in [0, 0.1) is 0 Å². The number of hydrogen-bond donors (Lipinski definition) is 0. The Hall–Kier alpha value is -12.6. The summed E-state index contributed by atoms with van der Waals surface area (Å²) in [6.07, 6.45) is 0. The highest BCUT2D eigenvalue weighted by molar-refractivity contribution is 6.13. The SMILES string of the molecule is CC1(C)c2ccccc2-c2ccc(N(c3ccc(-c4ccc5oc6ccccc6c5c4)cc3)c3ccc4oc5ccccc5c4c3)cc21.CC1(C)c2ccccc2-c2ccc(N(c3ccc4oc5ccccc5c4c3)c3ccc(-c4ccc5oc6ccccc6c5c4)c4ccccc34)cc21. The minimum Gasteiger partial charge on any atom is -0.456 e. The second-order valence-corrected chi connectivity index (χ2v) is 27.9. The van der Waals surface area contributed by atoms with Gasteiger partial charge < -0.3 is 27.5 Å². The van der Waals surface area contributed by atoms with Crippen molar-refractivity contribution in [3.8, 4) is 44.5 Å². The number of furan rings is 4. The molecule has 21 rings (SSSR count). The molecule has 19 aromatic rings. The maximum absolute atomic E-state index is 6.28. The second kappa shape index (κ2) is 21.9. The third-order valence-corrected chi connectivity index (χ3v) is 21.6. The summed E-state index contributed by atoms with van der Waals surface area (Å²) in [6.45, 7) is 9.37. The van der Waals surface area contributed by atoms with Gasteiger partial charge in [-0.05, 0) is 200 Å². The zero-order valence-electron chi connectivity index (χ0n) is 55.5. The molecule has 100 heavy (non-hydrogen) atoms. The molecule has 15 aromatic carbocycles. The second-order valence-electron chi connectivity index (χ2n) is 27.9. The minimum atomic E-state index is -0.125. The van der Waals surface area contributed by atoms with E-state index in [1.165, 1.54) is 60.8 Å². The summed E-state index contributed by atoms with van der Waals surface area (Å²) in [5, 5.41) is 11.4. The van der Waals surface area contributed by atoms with E-state index in [-0.39, 0.29) is 10.8 Å². The van der Waals surface area contributed by atoms with E-state index >= 15 is 0 Å². The van der Waals surface area contributed by atoms with Gasteiger partial charge >= 0.3 is 0 Å². The molecule has 0 unspecified atom stereocenters. The molecular formula is C94H64N2O4. The van der Waals surface area contributed by atoms with E-state index in [9.17, 15) is 0 Å². The molecule has 0 amide bonds.